The van der Waals surface area contributed by atoms with Gasteiger partial charge in [-0.2, -0.15) is 0 Å². The lowest BCUT2D eigenvalue weighted by molar-refractivity contribution is -0.139. The number of methoxy groups -OCH3 is 1. The lowest BCUT2D eigenvalue weighted by atomic mass is 9.95. The maximum Gasteiger partial charge on any atom is 0.295 e. The molecule has 2 aromatic rings. The Labute approximate surface area is 144 Å². The monoisotopic (exact) mass is 341 g/mol. The second kappa shape index (κ2) is 6.39. The van der Waals surface area contributed by atoms with Gasteiger partial charge in [0.15, 0.2) is 0 Å². The van der Waals surface area contributed by atoms with Gasteiger partial charge in [-0.1, -0.05) is 12.1 Å². The van der Waals surface area contributed by atoms with Crippen molar-refractivity contribution in [3.8, 4) is 5.75 Å². The molecule has 25 heavy (non-hydrogen) atoms. The first-order valence-corrected chi connectivity index (χ1v) is 7.58. The van der Waals surface area contributed by atoms with E-state index in [0.717, 1.165) is 0 Å². The average Bonchev–Trinajstić information content (AvgIpc) is 2.86. The summed E-state index contributed by atoms with van der Waals surface area (Å²) in [5.41, 5.74) is 0.904. The number of aliphatic hydroxyl groups excluding tert-OH is 1. The summed E-state index contributed by atoms with van der Waals surface area (Å²) in [5, 5.41) is 10.6. The molecule has 0 spiro atoms. The zero-order chi connectivity index (χ0) is 18.1. The highest BCUT2D eigenvalue weighted by Gasteiger charge is 2.44. The minimum absolute atomic E-state index is 0.0238. The molecule has 128 valence electrons. The number of hydrogen-bond acceptors (Lipinski definition) is 4. The Morgan fingerprint density at radius 2 is 1.68 bits per heavy atom. The highest BCUT2D eigenvalue weighted by atomic mass is 19.1. The standard InChI is InChI=1S/C19H16FNO4/c1-21-16(11-3-7-13(20)8-4-11)15(18(23)19(21)24)17(22)12-5-9-14(25-2)10-6-12/h3-10,16,22H,1-2H3. The van der Waals surface area contributed by atoms with Crippen LogP contribution < -0.4 is 4.74 Å². The maximum absolute atomic E-state index is 13.2. The topological polar surface area (TPSA) is 66.8 Å². The van der Waals surface area contributed by atoms with Crippen molar-refractivity contribution in [1.29, 1.82) is 0 Å². The Kier molecular flexibility index (Phi) is 4.27. The molecule has 1 N–H and O–H groups in total. The van der Waals surface area contributed by atoms with E-state index in [2.05, 4.69) is 0 Å². The third-order valence-corrected chi connectivity index (χ3v) is 4.22. The molecule has 1 amide bonds. The number of amides is 1. The third kappa shape index (κ3) is 2.87. The van der Waals surface area contributed by atoms with Crippen molar-refractivity contribution in [3.63, 3.8) is 0 Å². The van der Waals surface area contributed by atoms with Crippen molar-refractivity contribution in [2.24, 2.45) is 0 Å². The number of aliphatic hydroxyl groups is 1. The quantitative estimate of drug-likeness (QED) is 0.530. The fourth-order valence-electron chi connectivity index (χ4n) is 2.89. The summed E-state index contributed by atoms with van der Waals surface area (Å²) in [4.78, 5) is 25.8. The van der Waals surface area contributed by atoms with Gasteiger partial charge in [-0.25, -0.2) is 4.39 Å². The second-order valence-electron chi connectivity index (χ2n) is 5.69. The van der Waals surface area contributed by atoms with Crippen molar-refractivity contribution in [1.82, 2.24) is 4.90 Å². The molecule has 3 rings (SSSR count). The molecule has 1 fully saturated rings. The molecule has 1 atom stereocenters. The van der Waals surface area contributed by atoms with Gasteiger partial charge in [0, 0.05) is 12.6 Å². The molecule has 1 heterocycles. The van der Waals surface area contributed by atoms with E-state index in [1.165, 1.54) is 43.3 Å². The number of hydrogen-bond donors (Lipinski definition) is 1. The minimum Gasteiger partial charge on any atom is -0.507 e. The van der Waals surface area contributed by atoms with Crippen LogP contribution in [0.25, 0.3) is 5.76 Å². The largest absolute Gasteiger partial charge is 0.507 e. The van der Waals surface area contributed by atoms with Gasteiger partial charge >= 0.3 is 0 Å². The number of carbonyl (C=O) groups excluding carboxylic acids is 2. The molecule has 5 nitrogen and oxygen atoms in total. The van der Waals surface area contributed by atoms with E-state index >= 15 is 0 Å². The lowest BCUT2D eigenvalue weighted by Gasteiger charge is -2.21. The SMILES string of the molecule is COc1ccc(C(O)=C2C(=O)C(=O)N(C)C2c2ccc(F)cc2)cc1. The number of carbonyl (C=O) groups is 2. The molecule has 1 unspecified atom stereocenters. The summed E-state index contributed by atoms with van der Waals surface area (Å²) >= 11 is 0. The number of rotatable bonds is 3. The van der Waals surface area contributed by atoms with Crippen LogP contribution in [-0.4, -0.2) is 35.9 Å². The van der Waals surface area contributed by atoms with Crippen molar-refractivity contribution >= 4 is 17.4 Å². The highest BCUT2D eigenvalue weighted by molar-refractivity contribution is 6.46. The van der Waals surface area contributed by atoms with E-state index < -0.39 is 23.5 Å². The van der Waals surface area contributed by atoms with Gasteiger partial charge in [0.25, 0.3) is 11.7 Å². The molecule has 0 aromatic heterocycles. The predicted molar refractivity (Wildman–Crippen MR) is 89.5 cm³/mol. The summed E-state index contributed by atoms with van der Waals surface area (Å²) in [6.45, 7) is 0. The van der Waals surface area contributed by atoms with Gasteiger partial charge in [0.05, 0.1) is 18.7 Å². The summed E-state index contributed by atoms with van der Waals surface area (Å²) < 4.78 is 18.3. The first kappa shape index (κ1) is 16.7. The van der Waals surface area contributed by atoms with Crippen molar-refractivity contribution in [2.75, 3.05) is 14.2 Å². The summed E-state index contributed by atoms with van der Waals surface area (Å²) in [6, 6.07) is 11.2. The molecule has 0 saturated carbocycles. The first-order chi connectivity index (χ1) is 11.9. The smallest absolute Gasteiger partial charge is 0.295 e. The van der Waals surface area contributed by atoms with Gasteiger partial charge in [-0.3, -0.25) is 9.59 Å². The summed E-state index contributed by atoms with van der Waals surface area (Å²) in [7, 11) is 2.99. The van der Waals surface area contributed by atoms with E-state index in [1.54, 1.807) is 24.3 Å². The number of benzene rings is 2. The Hall–Kier alpha value is -3.15. The van der Waals surface area contributed by atoms with E-state index in [1.807, 2.05) is 0 Å². The lowest BCUT2D eigenvalue weighted by Crippen LogP contribution is -2.24. The van der Waals surface area contributed by atoms with Gasteiger partial charge in [-0.05, 0) is 42.0 Å². The molecule has 1 aliphatic heterocycles. The van der Waals surface area contributed by atoms with E-state index in [0.29, 0.717) is 16.9 Å². The molecular formula is C19H16FNO4. The van der Waals surface area contributed by atoms with Gasteiger partial charge < -0.3 is 14.7 Å². The van der Waals surface area contributed by atoms with Crippen molar-refractivity contribution < 1.29 is 23.8 Å². The molecule has 0 aliphatic carbocycles. The molecule has 1 aliphatic rings. The number of likely N-dealkylation sites (tertiary alicyclic amines) is 1. The van der Waals surface area contributed by atoms with Crippen LogP contribution in [0.1, 0.15) is 17.2 Å². The first-order valence-electron chi connectivity index (χ1n) is 7.58. The van der Waals surface area contributed by atoms with Gasteiger partial charge in [0.1, 0.15) is 17.3 Å². The molecule has 6 heteroatoms. The zero-order valence-corrected chi connectivity index (χ0v) is 13.7. The molecular weight excluding hydrogens is 325 g/mol. The Balaban J connectivity index is 2.12. The number of ketones is 1. The maximum atomic E-state index is 13.2. The van der Waals surface area contributed by atoms with Crippen LogP contribution in [0.5, 0.6) is 5.75 Å². The van der Waals surface area contributed by atoms with Crippen molar-refractivity contribution in [2.45, 2.75) is 6.04 Å². The fourth-order valence-corrected chi connectivity index (χ4v) is 2.89. The second-order valence-corrected chi connectivity index (χ2v) is 5.69. The van der Waals surface area contributed by atoms with Crippen LogP contribution >= 0.6 is 0 Å². The fraction of sp³-hybridized carbons (Fsp3) is 0.158. The highest BCUT2D eigenvalue weighted by Crippen LogP contribution is 2.38. The number of likely N-dealkylation sites (N-methyl/N-ethyl adjacent to an activating group) is 1. The summed E-state index contributed by atoms with van der Waals surface area (Å²) in [5.74, 6) is -1.59. The zero-order valence-electron chi connectivity index (χ0n) is 13.7. The average molecular weight is 341 g/mol. The van der Waals surface area contributed by atoms with Crippen LogP contribution in [0, 0.1) is 5.82 Å². The molecule has 2 aromatic carbocycles. The molecule has 0 radical (unpaired) electrons. The van der Waals surface area contributed by atoms with E-state index in [9.17, 15) is 19.1 Å². The van der Waals surface area contributed by atoms with Crippen LogP contribution in [0.2, 0.25) is 0 Å². The summed E-state index contributed by atoms with van der Waals surface area (Å²) in [6.07, 6.45) is 0. The molecule has 0 bridgehead atoms. The van der Waals surface area contributed by atoms with Crippen LogP contribution in [0.4, 0.5) is 4.39 Å². The Bertz CT molecular complexity index is 856. The van der Waals surface area contributed by atoms with E-state index in [-0.39, 0.29) is 11.3 Å². The van der Waals surface area contributed by atoms with E-state index in [4.69, 9.17) is 4.74 Å². The number of halogens is 1. The Morgan fingerprint density at radius 1 is 1.08 bits per heavy atom. The number of Topliss-reactive ketones (excluding diaryl/α,β-unsaturated/α-hetero) is 1. The number of nitrogens with zero attached hydrogens (tertiary/aromatic N) is 1. The van der Waals surface area contributed by atoms with Gasteiger partial charge in [-0.15, -0.1) is 0 Å². The van der Waals surface area contributed by atoms with Crippen LogP contribution in [0.15, 0.2) is 54.1 Å². The van der Waals surface area contributed by atoms with Gasteiger partial charge in [0.2, 0.25) is 0 Å². The molecule has 1 saturated heterocycles. The third-order valence-electron chi connectivity index (χ3n) is 4.22. The van der Waals surface area contributed by atoms with Crippen molar-refractivity contribution in [3.05, 3.63) is 71.0 Å². The van der Waals surface area contributed by atoms with Crippen LogP contribution in [0.3, 0.4) is 0 Å². The van der Waals surface area contributed by atoms with Crippen LogP contribution in [-0.2, 0) is 9.59 Å². The number of ether oxygens (including phenoxy) is 1. The predicted octanol–water partition coefficient (Wildman–Crippen LogP) is 2.89. The Morgan fingerprint density at radius 3 is 2.24 bits per heavy atom. The minimum atomic E-state index is -0.775. The normalized spacial score (nSPS) is 19.3.